The summed E-state index contributed by atoms with van der Waals surface area (Å²) in [5.74, 6) is 1.03. The van der Waals surface area contributed by atoms with Crippen molar-refractivity contribution in [2.24, 2.45) is 0 Å². The molecule has 2 aliphatic heterocycles. The maximum Gasteiger partial charge on any atom is 0.264 e. The molecule has 1 aromatic heterocycles. The van der Waals surface area contributed by atoms with Gasteiger partial charge in [-0.25, -0.2) is 8.42 Å². The van der Waals surface area contributed by atoms with Crippen LogP contribution in [0.5, 0.6) is 5.75 Å². The number of carbonyl (C=O) groups excluding carboxylic acids is 1. The molecular formula is C19H21NO4S2. The van der Waals surface area contributed by atoms with E-state index in [1.54, 1.807) is 4.90 Å². The van der Waals surface area contributed by atoms with Gasteiger partial charge in [0.1, 0.15) is 12.4 Å². The third-order valence-electron chi connectivity index (χ3n) is 4.91. The van der Waals surface area contributed by atoms with E-state index >= 15 is 0 Å². The number of para-hydroxylation sites is 1. The Morgan fingerprint density at radius 1 is 1.35 bits per heavy atom. The first-order valence-corrected chi connectivity index (χ1v) is 11.5. The molecule has 0 aliphatic carbocycles. The Morgan fingerprint density at radius 3 is 2.88 bits per heavy atom. The van der Waals surface area contributed by atoms with Gasteiger partial charge in [0.05, 0.1) is 16.4 Å². The van der Waals surface area contributed by atoms with Crippen LogP contribution in [-0.2, 0) is 16.4 Å². The predicted octanol–water partition coefficient (Wildman–Crippen LogP) is 3.35. The molecule has 1 atom stereocenters. The van der Waals surface area contributed by atoms with E-state index in [-0.39, 0.29) is 23.5 Å². The molecule has 3 heterocycles. The largest absolute Gasteiger partial charge is 0.488 e. The number of amides is 1. The molecule has 5 nitrogen and oxygen atoms in total. The topological polar surface area (TPSA) is 63.7 Å². The van der Waals surface area contributed by atoms with Gasteiger partial charge in [-0.15, -0.1) is 11.3 Å². The number of sulfone groups is 1. The van der Waals surface area contributed by atoms with E-state index in [1.165, 1.54) is 11.3 Å². The van der Waals surface area contributed by atoms with Gasteiger partial charge in [-0.1, -0.05) is 19.1 Å². The van der Waals surface area contributed by atoms with Crippen LogP contribution in [0.15, 0.2) is 30.3 Å². The summed E-state index contributed by atoms with van der Waals surface area (Å²) in [6.07, 6.45) is 1.34. The minimum absolute atomic E-state index is 0.0640. The maximum atomic E-state index is 13.2. The van der Waals surface area contributed by atoms with Crippen molar-refractivity contribution in [1.29, 1.82) is 0 Å². The molecule has 1 saturated heterocycles. The molecule has 0 N–H and O–H groups in total. The highest BCUT2D eigenvalue weighted by atomic mass is 32.2. The summed E-state index contributed by atoms with van der Waals surface area (Å²) >= 11 is 1.48. The van der Waals surface area contributed by atoms with Crippen LogP contribution in [0.4, 0.5) is 0 Å². The normalized spacial score (nSPS) is 20.1. The number of hydrogen-bond acceptors (Lipinski definition) is 5. The second kappa shape index (κ2) is 6.70. The van der Waals surface area contributed by atoms with Crippen molar-refractivity contribution >= 4 is 27.1 Å². The molecule has 26 heavy (non-hydrogen) atoms. The van der Waals surface area contributed by atoms with Gasteiger partial charge >= 0.3 is 0 Å². The molecule has 0 bridgehead atoms. The number of carbonyl (C=O) groups is 1. The first kappa shape index (κ1) is 17.5. The van der Waals surface area contributed by atoms with Crippen molar-refractivity contribution < 1.29 is 17.9 Å². The van der Waals surface area contributed by atoms with E-state index in [0.29, 0.717) is 24.4 Å². The predicted molar refractivity (Wildman–Crippen MR) is 102 cm³/mol. The Balaban J connectivity index is 1.65. The van der Waals surface area contributed by atoms with E-state index in [1.807, 2.05) is 37.3 Å². The molecule has 2 aliphatic rings. The first-order valence-electron chi connectivity index (χ1n) is 8.85. The van der Waals surface area contributed by atoms with Gasteiger partial charge in [0, 0.05) is 28.6 Å². The molecule has 1 amide bonds. The molecule has 1 aromatic carbocycles. The zero-order valence-corrected chi connectivity index (χ0v) is 16.2. The van der Waals surface area contributed by atoms with Gasteiger partial charge in [0.2, 0.25) is 0 Å². The van der Waals surface area contributed by atoms with E-state index in [2.05, 4.69) is 0 Å². The van der Waals surface area contributed by atoms with Crippen LogP contribution in [0.3, 0.4) is 0 Å². The van der Waals surface area contributed by atoms with Gasteiger partial charge in [0.25, 0.3) is 5.91 Å². The van der Waals surface area contributed by atoms with Crippen LogP contribution in [0, 0.1) is 0 Å². The highest BCUT2D eigenvalue weighted by Crippen LogP contribution is 2.42. The highest BCUT2D eigenvalue weighted by Gasteiger charge is 2.35. The number of fused-ring (bicyclic) bond motifs is 3. The van der Waals surface area contributed by atoms with Gasteiger partial charge in [-0.2, -0.15) is 0 Å². The molecule has 138 valence electrons. The molecule has 0 saturated carbocycles. The van der Waals surface area contributed by atoms with Crippen LogP contribution < -0.4 is 4.74 Å². The van der Waals surface area contributed by atoms with E-state index < -0.39 is 9.84 Å². The second-order valence-electron chi connectivity index (χ2n) is 6.81. The van der Waals surface area contributed by atoms with E-state index in [0.717, 1.165) is 28.2 Å². The third-order valence-corrected chi connectivity index (χ3v) is 7.86. The Hall–Kier alpha value is -1.86. The second-order valence-corrected chi connectivity index (χ2v) is 10.1. The van der Waals surface area contributed by atoms with Crippen molar-refractivity contribution in [3.63, 3.8) is 0 Å². The summed E-state index contributed by atoms with van der Waals surface area (Å²) in [6.45, 7) is 3.05. The molecule has 1 fully saturated rings. The Bertz CT molecular complexity index is 948. The third kappa shape index (κ3) is 3.14. The number of thiophene rings is 1. The molecule has 4 rings (SSSR count). The van der Waals surface area contributed by atoms with Crippen molar-refractivity contribution in [3.05, 3.63) is 40.8 Å². The number of hydrogen-bond donors (Lipinski definition) is 0. The molecular weight excluding hydrogens is 370 g/mol. The van der Waals surface area contributed by atoms with Crippen LogP contribution >= 0.6 is 11.3 Å². The first-order chi connectivity index (χ1) is 12.5. The number of ether oxygens (including phenoxy) is 1. The zero-order chi connectivity index (χ0) is 18.3. The molecule has 2 aromatic rings. The van der Waals surface area contributed by atoms with Crippen LogP contribution in [0.25, 0.3) is 10.4 Å². The zero-order valence-electron chi connectivity index (χ0n) is 14.6. The minimum Gasteiger partial charge on any atom is -0.488 e. The molecule has 7 heteroatoms. The Labute approximate surface area is 157 Å². The maximum absolute atomic E-state index is 13.2. The molecule has 1 unspecified atom stereocenters. The lowest BCUT2D eigenvalue weighted by molar-refractivity contribution is 0.0702. The van der Waals surface area contributed by atoms with Crippen LogP contribution in [0.2, 0.25) is 0 Å². The summed E-state index contributed by atoms with van der Waals surface area (Å²) in [5, 5.41) is 0. The summed E-state index contributed by atoms with van der Waals surface area (Å²) in [7, 11) is -3.03. The summed E-state index contributed by atoms with van der Waals surface area (Å²) < 4.78 is 29.5. The lowest BCUT2D eigenvalue weighted by Crippen LogP contribution is -2.41. The SMILES string of the molecule is CCCN(C(=O)c1cc2c(s1)-c1ccccc1OC2)C1CCS(=O)(=O)C1. The molecule has 0 radical (unpaired) electrons. The lowest BCUT2D eigenvalue weighted by atomic mass is 10.1. The van der Waals surface area contributed by atoms with Crippen molar-refractivity contribution in [2.75, 3.05) is 18.1 Å². The average Bonchev–Trinajstić information content (AvgIpc) is 3.22. The Morgan fingerprint density at radius 2 is 2.15 bits per heavy atom. The summed E-state index contributed by atoms with van der Waals surface area (Å²) in [5.41, 5.74) is 2.04. The van der Waals surface area contributed by atoms with Gasteiger partial charge in [0.15, 0.2) is 9.84 Å². The van der Waals surface area contributed by atoms with Gasteiger partial charge < -0.3 is 9.64 Å². The Kier molecular flexibility index (Phi) is 4.52. The van der Waals surface area contributed by atoms with E-state index in [9.17, 15) is 13.2 Å². The van der Waals surface area contributed by atoms with Crippen molar-refractivity contribution in [2.45, 2.75) is 32.4 Å². The fraction of sp³-hybridized carbons (Fsp3) is 0.421. The van der Waals surface area contributed by atoms with E-state index in [4.69, 9.17) is 4.74 Å². The number of rotatable bonds is 4. The minimum atomic E-state index is -3.03. The number of benzene rings is 1. The standard InChI is InChI=1S/C19H21NO4S2/c1-2-8-20(14-7-9-26(22,23)12-14)19(21)17-10-13-11-24-16-6-4-3-5-15(16)18(13)25-17/h3-6,10,14H,2,7-9,11-12H2,1H3. The van der Waals surface area contributed by atoms with Gasteiger partial charge in [-0.3, -0.25) is 4.79 Å². The smallest absolute Gasteiger partial charge is 0.264 e. The fourth-order valence-electron chi connectivity index (χ4n) is 3.66. The monoisotopic (exact) mass is 391 g/mol. The van der Waals surface area contributed by atoms with Crippen LogP contribution in [0.1, 0.15) is 35.0 Å². The molecule has 0 spiro atoms. The number of nitrogens with zero attached hydrogens (tertiary/aromatic N) is 1. The van der Waals surface area contributed by atoms with Crippen molar-refractivity contribution in [3.8, 4) is 16.2 Å². The fourth-order valence-corrected chi connectivity index (χ4v) is 6.54. The van der Waals surface area contributed by atoms with Gasteiger partial charge in [-0.05, 0) is 31.0 Å². The summed E-state index contributed by atoms with van der Waals surface area (Å²) in [6, 6.07) is 9.54. The highest BCUT2D eigenvalue weighted by molar-refractivity contribution is 7.91. The average molecular weight is 392 g/mol. The summed E-state index contributed by atoms with van der Waals surface area (Å²) in [4.78, 5) is 16.7. The van der Waals surface area contributed by atoms with Crippen LogP contribution in [-0.4, -0.2) is 43.3 Å². The lowest BCUT2D eigenvalue weighted by Gasteiger charge is -2.27. The quantitative estimate of drug-likeness (QED) is 0.802. The van der Waals surface area contributed by atoms with Crippen molar-refractivity contribution in [1.82, 2.24) is 4.90 Å².